The summed E-state index contributed by atoms with van der Waals surface area (Å²) in [4.78, 5) is 55.9. The van der Waals surface area contributed by atoms with E-state index < -0.39 is 62.7 Å². The van der Waals surface area contributed by atoms with Gasteiger partial charge in [0, 0.05) is 20.6 Å². The van der Waals surface area contributed by atoms with Crippen molar-refractivity contribution in [1.82, 2.24) is 10.1 Å². The normalized spacial score (nSPS) is 14.4. The number of hydrogen-bond acceptors (Lipinski definition) is 11. The van der Waals surface area contributed by atoms with E-state index in [9.17, 15) is 87.5 Å². The number of rotatable bonds is 12. The molecule has 0 fully saturated rings. The third-order valence-corrected chi connectivity index (χ3v) is 16.5. The zero-order valence-electron chi connectivity index (χ0n) is 42.0. The van der Waals surface area contributed by atoms with E-state index in [-0.39, 0.29) is 54.0 Å². The molecule has 29 heteroatoms. The molecule has 0 radical (unpaired) electrons. The van der Waals surface area contributed by atoms with Crippen LogP contribution in [-0.4, -0.2) is 61.6 Å². The van der Waals surface area contributed by atoms with E-state index in [0.29, 0.717) is 17.2 Å². The van der Waals surface area contributed by atoms with E-state index in [2.05, 4.69) is 124 Å². The van der Waals surface area contributed by atoms with E-state index >= 15 is 0 Å². The summed E-state index contributed by atoms with van der Waals surface area (Å²) >= 11 is 1.80. The summed E-state index contributed by atoms with van der Waals surface area (Å²) in [6.07, 6.45) is 2.50. The van der Waals surface area contributed by atoms with E-state index in [1.165, 1.54) is 66.9 Å². The quantitative estimate of drug-likeness (QED) is 0.0376. The second kappa shape index (κ2) is 23.7. The number of amides is 4. The Labute approximate surface area is 471 Å². The van der Waals surface area contributed by atoms with Crippen molar-refractivity contribution in [2.75, 3.05) is 0 Å². The fraction of sp³-hybridized carbons (Fsp3) is 0.111. The molecule has 0 bridgehead atoms. The van der Waals surface area contributed by atoms with Gasteiger partial charge in [0.15, 0.2) is 14.7 Å². The SMILES string of the molecule is CCCCc1ccc2c3c(cccc13)C(=O)N(OS(=O)(=O)C(F)(F)F)C2=O.F[P-](F)(F)(F)(F)F.O=C1c2cccc3cccc(c23)C(=O)N1OS(=O)(=O)C(F)(F)F.c1ccc(Sc2ccc([S+](c3ccccc3)c3ccccc3)cc2)cc1. The fourth-order valence-electron chi connectivity index (χ4n) is 7.93. The summed E-state index contributed by atoms with van der Waals surface area (Å²) in [6.45, 7) is 2.01. The van der Waals surface area contributed by atoms with Crippen LogP contribution >= 0.6 is 19.6 Å². The van der Waals surface area contributed by atoms with Crippen LogP contribution in [0.25, 0.3) is 21.5 Å². The average molecular weight is 1260 g/mol. The number of hydroxylamine groups is 4. The molecule has 12 nitrogen and oxygen atoms in total. The van der Waals surface area contributed by atoms with Crippen LogP contribution in [0.4, 0.5) is 51.5 Å². The van der Waals surface area contributed by atoms with Crippen LogP contribution in [0, 0.1) is 0 Å². The minimum Gasteiger partial charge on any atom is -0.266 e. The summed E-state index contributed by atoms with van der Waals surface area (Å²) in [5, 5.41) is 0.907. The first kappa shape index (κ1) is 63.3. The molecule has 0 spiro atoms. The van der Waals surface area contributed by atoms with Crippen LogP contribution in [0.5, 0.6) is 0 Å². The van der Waals surface area contributed by atoms with Gasteiger partial charge in [0.1, 0.15) is 0 Å². The molecule has 4 amide bonds. The van der Waals surface area contributed by atoms with Crippen molar-refractivity contribution >= 4 is 95.9 Å². The number of carbonyl (C=O) groups excluding carboxylic acids is 4. The summed E-state index contributed by atoms with van der Waals surface area (Å²) in [7, 11) is -23.1. The van der Waals surface area contributed by atoms with E-state index in [1.54, 1.807) is 36.0 Å². The molecule has 10 rings (SSSR count). The summed E-state index contributed by atoms with van der Waals surface area (Å²) in [5.74, 6) is -5.10. The van der Waals surface area contributed by atoms with Gasteiger partial charge in [-0.1, -0.05) is 122 Å². The zero-order chi connectivity index (χ0) is 61.0. The van der Waals surface area contributed by atoms with Crippen LogP contribution < -0.4 is 0 Å². The molecule has 0 unspecified atom stereocenters. The third kappa shape index (κ3) is 15.9. The van der Waals surface area contributed by atoms with Crippen molar-refractivity contribution in [3.05, 3.63) is 210 Å². The van der Waals surface area contributed by atoms with Crippen molar-refractivity contribution in [3.63, 3.8) is 0 Å². The smallest absolute Gasteiger partial charge is 0.266 e. The third-order valence-electron chi connectivity index (χ3n) is 11.4. The molecule has 2 aliphatic heterocycles. The number of alkyl halides is 6. The molecular weight excluding hydrogens is 1220 g/mol. The van der Waals surface area contributed by atoms with Gasteiger partial charge in [-0.2, -0.15) is 43.2 Å². The number of carbonyl (C=O) groups is 4. The van der Waals surface area contributed by atoms with Gasteiger partial charge in [0.05, 0.1) is 33.1 Å². The first-order valence-electron chi connectivity index (χ1n) is 23.7. The molecule has 2 aliphatic rings. The topological polar surface area (TPSA) is 161 Å². The minimum absolute atomic E-state index is 0.0786. The fourth-order valence-corrected chi connectivity index (χ4v) is 11.7. The standard InChI is InChI=1S/C24H19S2.C17H14F3NO5S.C13H6F3NO5S.F6P/c1-4-10-20(11-5-1)25-21-16-18-24(19-17-21)26(22-12-6-2-7-13-22)23-14-8-3-9-15-23;1-2-3-5-10-8-9-13-14-11(10)6-4-7-12(14)15(22)21(16(13)23)26-27(24,25)17(18,19)20;14-13(15,16)23(20,21)22-17-11(18)8-5-1-3-7-4-2-6-9(10(7)8)12(17)19;1-7(2,3,4,5)6/h1-19H;4,6-9H,2-3,5H2,1H3;1-6H;/q+1;;;-1. The maximum atomic E-state index is 12.6. The van der Waals surface area contributed by atoms with Gasteiger partial charge in [-0.15, -0.1) is 18.7 Å². The van der Waals surface area contributed by atoms with Crippen molar-refractivity contribution in [2.45, 2.75) is 61.7 Å². The molecule has 0 aromatic heterocycles. The van der Waals surface area contributed by atoms with Gasteiger partial charge >= 0.3 is 64.2 Å². The largest absolute Gasteiger partial charge is 0.525 e. The van der Waals surface area contributed by atoms with Crippen molar-refractivity contribution in [1.29, 1.82) is 0 Å². The number of hydrogen-bond donors (Lipinski definition) is 0. The predicted molar refractivity (Wildman–Crippen MR) is 285 cm³/mol. The maximum absolute atomic E-state index is 12.6. The molecule has 0 atom stereocenters. The molecule has 83 heavy (non-hydrogen) atoms. The van der Waals surface area contributed by atoms with Crippen LogP contribution in [0.1, 0.15) is 66.8 Å². The summed E-state index contributed by atoms with van der Waals surface area (Å²) in [6, 6.07) is 57.2. The summed E-state index contributed by atoms with van der Waals surface area (Å²) in [5.41, 5.74) is -11.1. The molecule has 438 valence electrons. The Morgan fingerprint density at radius 1 is 0.458 bits per heavy atom. The Hall–Kier alpha value is -7.33. The second-order valence-electron chi connectivity index (χ2n) is 17.3. The maximum Gasteiger partial charge on any atom is 0.525 e. The number of benzene rings is 8. The van der Waals surface area contributed by atoms with Crippen LogP contribution in [0.2, 0.25) is 0 Å². The average Bonchev–Trinajstić information content (AvgIpc) is 1.71. The van der Waals surface area contributed by atoms with Crippen LogP contribution in [-0.2, 0) is 46.1 Å². The van der Waals surface area contributed by atoms with Gasteiger partial charge < -0.3 is 0 Å². The Balaban J connectivity index is 0.000000169. The van der Waals surface area contributed by atoms with E-state index in [0.717, 1.165) is 18.4 Å². The van der Waals surface area contributed by atoms with Crippen molar-refractivity contribution in [3.8, 4) is 0 Å². The Kier molecular flexibility index (Phi) is 18.1. The van der Waals surface area contributed by atoms with Gasteiger partial charge in [0.2, 0.25) is 0 Å². The van der Waals surface area contributed by atoms with E-state index in [1.807, 2.05) is 6.92 Å². The van der Waals surface area contributed by atoms with Crippen LogP contribution in [0.15, 0.2) is 206 Å². The van der Waals surface area contributed by atoms with Crippen molar-refractivity contribution < 1.29 is 96.1 Å². The second-order valence-corrected chi connectivity index (χ2v) is 25.5. The molecule has 2 heterocycles. The first-order chi connectivity index (χ1) is 38.6. The molecule has 0 saturated heterocycles. The van der Waals surface area contributed by atoms with E-state index in [4.69, 9.17) is 0 Å². The van der Waals surface area contributed by atoms with Crippen LogP contribution in [0.3, 0.4) is 0 Å². The number of imide groups is 2. The minimum atomic E-state index is -10.7. The molecule has 0 saturated carbocycles. The first-order valence-corrected chi connectivity index (χ1v) is 30.5. The summed E-state index contributed by atoms with van der Waals surface area (Å²) < 4.78 is 186. The number of nitrogens with zero attached hydrogens (tertiary/aromatic N) is 2. The molecule has 8 aromatic carbocycles. The van der Waals surface area contributed by atoms with Gasteiger partial charge in [0.25, 0.3) is 23.6 Å². The number of unbranched alkanes of at least 4 members (excludes halogenated alkanes) is 1. The predicted octanol–water partition coefficient (Wildman–Crippen LogP) is 16.1. The van der Waals surface area contributed by atoms with Crippen molar-refractivity contribution in [2.24, 2.45) is 0 Å². The monoisotopic (exact) mass is 1260 g/mol. The Morgan fingerprint density at radius 2 is 0.819 bits per heavy atom. The molecule has 0 N–H and O–H groups in total. The van der Waals surface area contributed by atoms with Gasteiger partial charge in [-0.3, -0.25) is 19.2 Å². The Bertz CT molecular complexity index is 3860. The van der Waals surface area contributed by atoms with Gasteiger partial charge in [-0.25, -0.2) is 0 Å². The van der Waals surface area contributed by atoms with Gasteiger partial charge in [-0.05, 0) is 114 Å². The molecular formula is C54H39F12N2O10PS4. The zero-order valence-corrected chi connectivity index (χ0v) is 46.2. The molecule has 0 aliphatic carbocycles. The number of halogens is 12. The molecule has 8 aromatic rings. The number of aryl methyl sites for hydroxylation is 1. The Morgan fingerprint density at radius 3 is 1.23 bits per heavy atom.